The van der Waals surface area contributed by atoms with E-state index in [1.54, 1.807) is 12.1 Å². The monoisotopic (exact) mass is 337 g/mol. The minimum Gasteiger partial charge on any atom is -0.381 e. The predicted molar refractivity (Wildman–Crippen MR) is 79.9 cm³/mol. The summed E-state index contributed by atoms with van der Waals surface area (Å²) in [5.74, 6) is -0.118. The molecule has 0 aliphatic heterocycles. The van der Waals surface area contributed by atoms with Gasteiger partial charge < -0.3 is 5.32 Å². The minimum absolute atomic E-state index is 0.126. The lowest BCUT2D eigenvalue weighted by Crippen LogP contribution is -2.34. The van der Waals surface area contributed by atoms with Gasteiger partial charge in [-0.1, -0.05) is 18.2 Å². The number of rotatable bonds is 3. The molecule has 104 valence electrons. The molecule has 0 bridgehead atoms. The molecule has 0 amide bonds. The highest BCUT2D eigenvalue weighted by molar-refractivity contribution is 9.10. The van der Waals surface area contributed by atoms with Gasteiger partial charge in [-0.15, -0.1) is 0 Å². The molecule has 0 spiro atoms. The first kappa shape index (κ1) is 13.6. The molecule has 1 aliphatic carbocycles. The molecule has 0 atom stereocenters. The maximum Gasteiger partial charge on any atom is 0.126 e. The molecule has 20 heavy (non-hydrogen) atoms. The molecule has 4 heteroatoms. The van der Waals surface area contributed by atoms with E-state index in [1.165, 1.54) is 18.2 Å². The van der Waals surface area contributed by atoms with Crippen LogP contribution >= 0.6 is 15.9 Å². The third-order valence-electron chi connectivity index (χ3n) is 3.77. The van der Waals surface area contributed by atoms with E-state index in [4.69, 9.17) is 0 Å². The number of anilines is 1. The molecule has 1 nitrogen and oxygen atoms in total. The average Bonchev–Trinajstić information content (AvgIpc) is 2.37. The highest BCUT2D eigenvalue weighted by Crippen LogP contribution is 2.40. The number of halogens is 3. The van der Waals surface area contributed by atoms with Gasteiger partial charge in [0.2, 0.25) is 0 Å². The summed E-state index contributed by atoms with van der Waals surface area (Å²) < 4.78 is 27.4. The summed E-state index contributed by atoms with van der Waals surface area (Å²) in [5.41, 5.74) is 1.67. The van der Waals surface area contributed by atoms with Gasteiger partial charge in [-0.25, -0.2) is 8.78 Å². The van der Waals surface area contributed by atoms with Crippen LogP contribution in [-0.2, 0) is 0 Å². The normalized spacial score (nSPS) is 21.4. The standard InChI is InChI=1S/C16H14BrF2N/c17-14-9-11(18)5-6-16(14)20-12-7-10(8-12)13-3-1-2-4-15(13)19/h1-6,9-10,12,20H,7-8H2. The first-order chi connectivity index (χ1) is 9.63. The van der Waals surface area contributed by atoms with E-state index in [9.17, 15) is 8.78 Å². The van der Waals surface area contributed by atoms with Crippen LogP contribution in [0, 0.1) is 11.6 Å². The van der Waals surface area contributed by atoms with Crippen LogP contribution in [0.4, 0.5) is 14.5 Å². The Hall–Kier alpha value is -1.42. The minimum atomic E-state index is -0.264. The van der Waals surface area contributed by atoms with Crippen LogP contribution in [0.3, 0.4) is 0 Å². The SMILES string of the molecule is Fc1ccc(NC2CC(c3ccccc3F)C2)c(Br)c1. The molecule has 0 radical (unpaired) electrons. The van der Waals surface area contributed by atoms with Crippen molar-refractivity contribution in [2.75, 3.05) is 5.32 Å². The molecule has 1 aliphatic rings. The summed E-state index contributed by atoms with van der Waals surface area (Å²) in [6.45, 7) is 0. The summed E-state index contributed by atoms with van der Waals surface area (Å²) in [6, 6.07) is 11.8. The fourth-order valence-corrected chi connectivity index (χ4v) is 3.09. The Morgan fingerprint density at radius 3 is 2.50 bits per heavy atom. The van der Waals surface area contributed by atoms with E-state index in [0.717, 1.165) is 24.1 Å². The molecule has 1 N–H and O–H groups in total. The zero-order chi connectivity index (χ0) is 14.1. The van der Waals surface area contributed by atoms with E-state index in [0.29, 0.717) is 10.5 Å². The molecule has 2 aromatic rings. The van der Waals surface area contributed by atoms with Crippen molar-refractivity contribution in [3.05, 3.63) is 64.1 Å². The van der Waals surface area contributed by atoms with Gasteiger partial charge in [-0.3, -0.25) is 0 Å². The van der Waals surface area contributed by atoms with Gasteiger partial charge in [0.25, 0.3) is 0 Å². The van der Waals surface area contributed by atoms with E-state index >= 15 is 0 Å². The first-order valence-electron chi connectivity index (χ1n) is 6.59. The second kappa shape index (κ2) is 5.52. The fraction of sp³-hybridized carbons (Fsp3) is 0.250. The van der Waals surface area contributed by atoms with Crippen molar-refractivity contribution in [2.45, 2.75) is 24.8 Å². The topological polar surface area (TPSA) is 12.0 Å². The lowest BCUT2D eigenvalue weighted by Gasteiger charge is -2.37. The summed E-state index contributed by atoms with van der Waals surface area (Å²) in [6.07, 6.45) is 1.79. The number of benzene rings is 2. The fourth-order valence-electron chi connectivity index (χ4n) is 2.62. The lowest BCUT2D eigenvalue weighted by molar-refractivity contribution is 0.363. The van der Waals surface area contributed by atoms with E-state index in [1.807, 2.05) is 12.1 Å². The Balaban J connectivity index is 1.62. The molecule has 0 heterocycles. The second-order valence-electron chi connectivity index (χ2n) is 5.16. The van der Waals surface area contributed by atoms with Crippen LogP contribution in [0.2, 0.25) is 0 Å². The van der Waals surface area contributed by atoms with Crippen molar-refractivity contribution >= 4 is 21.6 Å². The Morgan fingerprint density at radius 1 is 1.05 bits per heavy atom. The van der Waals surface area contributed by atoms with Crippen molar-refractivity contribution in [1.29, 1.82) is 0 Å². The third-order valence-corrected chi connectivity index (χ3v) is 4.43. The van der Waals surface area contributed by atoms with Crippen molar-refractivity contribution in [2.24, 2.45) is 0 Å². The predicted octanol–water partition coefficient (Wildman–Crippen LogP) is 5.09. The van der Waals surface area contributed by atoms with E-state index in [2.05, 4.69) is 21.2 Å². The van der Waals surface area contributed by atoms with Gasteiger partial charge >= 0.3 is 0 Å². The molecule has 2 aromatic carbocycles. The largest absolute Gasteiger partial charge is 0.381 e. The van der Waals surface area contributed by atoms with Crippen LogP contribution in [0.25, 0.3) is 0 Å². The van der Waals surface area contributed by atoms with Crippen molar-refractivity contribution in [3.8, 4) is 0 Å². The van der Waals surface area contributed by atoms with Gasteiger partial charge in [0.1, 0.15) is 11.6 Å². The van der Waals surface area contributed by atoms with Crippen LogP contribution < -0.4 is 5.32 Å². The highest BCUT2D eigenvalue weighted by atomic mass is 79.9. The summed E-state index contributed by atoms with van der Waals surface area (Å²) >= 11 is 3.34. The average molecular weight is 338 g/mol. The molecule has 0 aromatic heterocycles. The van der Waals surface area contributed by atoms with Gasteiger partial charge in [-0.2, -0.15) is 0 Å². The zero-order valence-corrected chi connectivity index (χ0v) is 12.3. The number of hydrogen-bond donors (Lipinski definition) is 1. The highest BCUT2D eigenvalue weighted by Gasteiger charge is 2.32. The Bertz CT molecular complexity index is 624. The van der Waals surface area contributed by atoms with Crippen molar-refractivity contribution in [1.82, 2.24) is 0 Å². The Kier molecular flexibility index (Phi) is 3.74. The van der Waals surface area contributed by atoms with Crippen molar-refractivity contribution in [3.63, 3.8) is 0 Å². The third kappa shape index (κ3) is 2.70. The number of nitrogens with one attached hydrogen (secondary N) is 1. The van der Waals surface area contributed by atoms with Gasteiger partial charge in [0.15, 0.2) is 0 Å². The van der Waals surface area contributed by atoms with Crippen LogP contribution in [0.1, 0.15) is 24.3 Å². The molecule has 1 saturated carbocycles. The van der Waals surface area contributed by atoms with Crippen LogP contribution in [0.15, 0.2) is 46.9 Å². The summed E-state index contributed by atoms with van der Waals surface area (Å²) in [4.78, 5) is 0. The second-order valence-corrected chi connectivity index (χ2v) is 6.01. The molecule has 0 saturated heterocycles. The Morgan fingerprint density at radius 2 is 1.80 bits per heavy atom. The smallest absolute Gasteiger partial charge is 0.126 e. The molecule has 0 unspecified atom stereocenters. The van der Waals surface area contributed by atoms with Crippen molar-refractivity contribution < 1.29 is 8.78 Å². The number of hydrogen-bond acceptors (Lipinski definition) is 1. The van der Waals surface area contributed by atoms with E-state index in [-0.39, 0.29) is 17.6 Å². The van der Waals surface area contributed by atoms with Crippen LogP contribution in [-0.4, -0.2) is 6.04 Å². The quantitative estimate of drug-likeness (QED) is 0.822. The van der Waals surface area contributed by atoms with Gasteiger partial charge in [-0.05, 0) is 64.5 Å². The molecule has 1 fully saturated rings. The Labute approximate surface area is 125 Å². The first-order valence-corrected chi connectivity index (χ1v) is 7.39. The van der Waals surface area contributed by atoms with E-state index < -0.39 is 0 Å². The van der Waals surface area contributed by atoms with Crippen LogP contribution in [0.5, 0.6) is 0 Å². The molecule has 3 rings (SSSR count). The summed E-state index contributed by atoms with van der Waals surface area (Å²) in [5, 5.41) is 3.36. The maximum atomic E-state index is 13.7. The maximum absolute atomic E-state index is 13.7. The van der Waals surface area contributed by atoms with Gasteiger partial charge in [0.05, 0.1) is 0 Å². The lowest BCUT2D eigenvalue weighted by atomic mass is 9.75. The summed E-state index contributed by atoms with van der Waals surface area (Å²) in [7, 11) is 0. The molecular formula is C16H14BrF2N. The zero-order valence-electron chi connectivity index (χ0n) is 10.7. The molecular weight excluding hydrogens is 324 g/mol. The van der Waals surface area contributed by atoms with Gasteiger partial charge in [0, 0.05) is 16.2 Å².